The lowest BCUT2D eigenvalue weighted by atomic mass is 9.93. The van der Waals surface area contributed by atoms with E-state index in [0.717, 1.165) is 27.7 Å². The molecule has 0 saturated carbocycles. The molecule has 0 spiro atoms. The van der Waals surface area contributed by atoms with Gasteiger partial charge in [0.25, 0.3) is 0 Å². The molecule has 0 unspecified atom stereocenters. The van der Waals surface area contributed by atoms with Crippen molar-refractivity contribution in [2.45, 2.75) is 417 Å². The minimum absolute atomic E-state index is 0.875. The van der Waals surface area contributed by atoms with E-state index < -0.39 is 451 Å². The summed E-state index contributed by atoms with van der Waals surface area (Å²) in [6, 6.07) is -8.13. The van der Waals surface area contributed by atoms with E-state index in [-0.39, 0.29) is 0 Å². The summed E-state index contributed by atoms with van der Waals surface area (Å²) in [6.07, 6.45) is -119. The van der Waals surface area contributed by atoms with Crippen molar-refractivity contribution in [1.82, 2.24) is 21.3 Å². The summed E-state index contributed by atoms with van der Waals surface area (Å²) in [7, 11) is 0. The van der Waals surface area contributed by atoms with Crippen molar-refractivity contribution in [3.05, 3.63) is 0 Å². The Morgan fingerprint density at radius 1 is 0.197 bits per heavy atom. The Balaban J connectivity index is 0.918. The summed E-state index contributed by atoms with van der Waals surface area (Å²) < 4.78 is 140. The van der Waals surface area contributed by atoms with Crippen molar-refractivity contribution >= 4 is 23.6 Å². The van der Waals surface area contributed by atoms with Gasteiger partial charge in [0.2, 0.25) is 23.6 Å². The molecule has 12 saturated heterocycles. The first kappa shape index (κ1) is 116. The number of hydrogen-bond acceptors (Lipinski definition) is 58. The van der Waals surface area contributed by atoms with Crippen molar-refractivity contribution in [2.75, 3.05) is 59.5 Å². The van der Waals surface area contributed by atoms with E-state index in [4.69, 9.17) is 109 Å². The maximum atomic E-state index is 13.7. The van der Waals surface area contributed by atoms with E-state index in [1.54, 1.807) is 0 Å². The number of aliphatic hydroxyl groups is 31. The zero-order chi connectivity index (χ0) is 104. The van der Waals surface area contributed by atoms with E-state index in [0.29, 0.717) is 0 Å². The van der Waals surface area contributed by atoms with Gasteiger partial charge in [-0.1, -0.05) is 0 Å². The highest BCUT2D eigenvalue weighted by molar-refractivity contribution is 5.74. The second-order valence-electron chi connectivity index (χ2n) is 36.6. The molecular formula is C80H134N4O58. The van der Waals surface area contributed by atoms with Crippen LogP contribution >= 0.6 is 0 Å². The minimum atomic E-state index is -2.74. The van der Waals surface area contributed by atoms with Crippen LogP contribution in [0.4, 0.5) is 0 Å². The highest BCUT2D eigenvalue weighted by Gasteiger charge is 2.64. The molecule has 142 heavy (non-hydrogen) atoms. The smallest absolute Gasteiger partial charge is 0.217 e. The van der Waals surface area contributed by atoms with Gasteiger partial charge in [0, 0.05) is 27.7 Å². The molecule has 0 aromatic carbocycles. The van der Waals surface area contributed by atoms with Gasteiger partial charge < -0.3 is 289 Å². The lowest BCUT2D eigenvalue weighted by Crippen LogP contribution is -2.71. The first-order chi connectivity index (χ1) is 67.1. The van der Waals surface area contributed by atoms with Gasteiger partial charge in [0.1, 0.15) is 274 Å². The Labute approximate surface area is 805 Å². The quantitative estimate of drug-likeness (QED) is 0.0280. The summed E-state index contributed by atoms with van der Waals surface area (Å²) in [5.41, 5.74) is 0. The molecule has 12 fully saturated rings. The first-order valence-electron chi connectivity index (χ1n) is 45.7. The SMILES string of the molecule is CC(=O)N[C@@H]1[C@@H](O)[C@H](O[C@@H]2O[C@H](CO)[C@@H](O[C@@H]3O[C@H](CO[C@H]4O[C@H](CO)[C@@H](O)[C@H](O)[C@@H]4O[C@@H]4O[C@H](CO)[C@@H](O[C@@H]5O[C@@H](C)[C@@H](O)[C@@H](O)[C@@H]5O)[C@H](O[C@@H]5O[C@H](CO)[C@H](O)[C@H](O)[C@H]5O)[C@H]4NC(C)=O)[C@@H](O)[C@H](O[C@H]4O[C@H](CO)[C@@H](O)[C@H](O)[C@@H]4O[C@@H]4O[C@H](CO)[C@@H](O[C@@H]5O[C@@H](C)[C@@H](O)[C@@H](O)[C@@H]5O)[C@H](O[C@@H]5O[C@H](CO)[C@H](O)[C@H](O)[C@H]5O)[C@H]4NC(C)=O)[C@@H]3O)[C@H](O)[C@H]2NC(C)=O)[C@@H](CO[C@@H]2O[C@@H](C)[C@@H](O)[C@@H](O)[C@@H]2O)O[C@H]1O. The summed E-state index contributed by atoms with van der Waals surface area (Å²) in [5, 5.41) is 360. The molecule has 35 N–H and O–H groups in total. The molecular weight excluding hydrogens is 1940 g/mol. The van der Waals surface area contributed by atoms with Crippen LogP contribution in [0.2, 0.25) is 0 Å². The standard InChI is InChI=1S/C80H134N4O58/c1-17-37(96)47(106)54(113)73(122-17)120-16-32-61(45(104)33(69(119)125-32)81-20(4)92)134-70-34(82-21(5)93)46(105)60(28(12-89)130-70)135-78-59(118)66(140-80-68(53(112)43(102)27(11-88)129-80)142-72-36(84-23(7)95)65(139-77-58(117)51(110)41(100)25(9-86)127-77)63(30(14-91)132-72)137-75-56(115)49(108)39(98)19(3)124-75)44(103)31(133-78)15-121-79-67(52(111)42(101)26(10-87)128-79)141-71-35(83-22(6)94)64(138-76-57(116)50(109)40(99)24(8-85)126-76)62(29(13-90)131-71)136-74-55(114)48(107)38(97)18(2)123-74/h17-19,24-80,85-91,96-119H,8-16H2,1-7H3,(H,81,92)(H,82,93)(H,83,94)(H,84,95)/t17-,18-,19-,24+,25+,26+,27+,28+,29+,30+,31+,32+,33+,34+,35+,36+,37+,38+,39+,40-,41-,42+,43+,44+,45+,46+,47+,48+,49+,50-,51-,52-,53-,54-,55-,56-,57+,58+,59-,60+,61+,62+,63+,64+,65+,66-,67-,68-,69+,70-,71-,72-,73+,74-,75-,76-,77-,78-,79-,80+/m0/s1. The predicted octanol–water partition coefficient (Wildman–Crippen LogP) is -23.5. The third-order valence-electron chi connectivity index (χ3n) is 26.6. The van der Waals surface area contributed by atoms with Crippen LogP contribution in [0.25, 0.3) is 0 Å². The normalized spacial score (nSPS) is 50.9. The summed E-state index contributed by atoms with van der Waals surface area (Å²) >= 11 is 0. The maximum Gasteiger partial charge on any atom is 0.217 e. The first-order valence-corrected chi connectivity index (χ1v) is 45.7. The zero-order valence-corrected chi connectivity index (χ0v) is 76.9. The number of hydrogen-bond donors (Lipinski definition) is 35. The lowest BCUT2D eigenvalue weighted by Gasteiger charge is -2.52. The van der Waals surface area contributed by atoms with Crippen LogP contribution in [-0.2, 0) is 128 Å². The molecule has 0 aromatic heterocycles. The van der Waals surface area contributed by atoms with E-state index in [1.165, 1.54) is 20.8 Å². The van der Waals surface area contributed by atoms with Gasteiger partial charge in [-0.2, -0.15) is 0 Å². The molecule has 822 valence electrons. The van der Waals surface area contributed by atoms with Crippen LogP contribution in [0.3, 0.4) is 0 Å². The molecule has 62 nitrogen and oxygen atoms in total. The van der Waals surface area contributed by atoms with Crippen LogP contribution < -0.4 is 21.3 Å². The van der Waals surface area contributed by atoms with Gasteiger partial charge in [-0.3, -0.25) is 19.2 Å². The fraction of sp³-hybridized carbons (Fsp3) is 0.950. The van der Waals surface area contributed by atoms with Crippen molar-refractivity contribution in [1.29, 1.82) is 0 Å². The zero-order valence-electron chi connectivity index (χ0n) is 76.9. The van der Waals surface area contributed by atoms with Gasteiger partial charge in [-0.15, -0.1) is 0 Å². The second kappa shape index (κ2) is 50.3. The molecule has 12 heterocycles. The Kier molecular flexibility index (Phi) is 41.2. The molecule has 0 bridgehead atoms. The largest absolute Gasteiger partial charge is 0.394 e. The molecule has 4 amide bonds. The molecule has 12 aliphatic heterocycles. The Bertz CT molecular complexity index is 3940. The monoisotopic (exact) mass is 2080 g/mol. The van der Waals surface area contributed by atoms with E-state index in [1.807, 2.05) is 0 Å². The van der Waals surface area contributed by atoms with Crippen molar-refractivity contribution < 1.29 is 286 Å². The summed E-state index contributed by atoms with van der Waals surface area (Å²) in [6.45, 7) is -3.37. The van der Waals surface area contributed by atoms with E-state index in [9.17, 15) is 177 Å². The average Bonchev–Trinajstić information content (AvgIpc) is 0.755. The fourth-order valence-corrected chi connectivity index (χ4v) is 18.6. The molecule has 0 radical (unpaired) electrons. The van der Waals surface area contributed by atoms with E-state index in [2.05, 4.69) is 21.3 Å². The van der Waals surface area contributed by atoms with Crippen LogP contribution in [-0.4, -0.2) is 610 Å². The van der Waals surface area contributed by atoms with Gasteiger partial charge in [-0.25, -0.2) is 0 Å². The average molecular weight is 2080 g/mol. The molecule has 0 aromatic rings. The summed E-state index contributed by atoms with van der Waals surface area (Å²) in [5.74, 6) is -4.03. The third-order valence-corrected chi connectivity index (χ3v) is 26.6. The van der Waals surface area contributed by atoms with Crippen LogP contribution in [0.1, 0.15) is 48.5 Å². The number of carbonyl (C=O) groups excluding carboxylic acids is 4. The van der Waals surface area contributed by atoms with Gasteiger partial charge >= 0.3 is 0 Å². The number of amides is 4. The van der Waals surface area contributed by atoms with Gasteiger partial charge in [-0.05, 0) is 20.8 Å². The van der Waals surface area contributed by atoms with E-state index >= 15 is 0 Å². The number of rotatable bonds is 35. The fourth-order valence-electron chi connectivity index (χ4n) is 18.6. The van der Waals surface area contributed by atoms with Crippen molar-refractivity contribution in [2.24, 2.45) is 0 Å². The molecule has 60 atom stereocenters. The predicted molar refractivity (Wildman–Crippen MR) is 437 cm³/mol. The highest BCUT2D eigenvalue weighted by atomic mass is 16.8. The van der Waals surface area contributed by atoms with Crippen LogP contribution in [0.5, 0.6) is 0 Å². The van der Waals surface area contributed by atoms with Crippen LogP contribution in [0, 0.1) is 0 Å². The second-order valence-corrected chi connectivity index (χ2v) is 36.6. The maximum absolute atomic E-state index is 13.7. The van der Waals surface area contributed by atoms with Crippen molar-refractivity contribution in [3.63, 3.8) is 0 Å². The molecule has 0 aliphatic carbocycles. The molecule has 62 heteroatoms. The Morgan fingerprint density at radius 2 is 0.451 bits per heavy atom. The molecule has 12 rings (SSSR count). The number of nitrogens with one attached hydrogen (secondary N) is 4. The third kappa shape index (κ3) is 25.4. The van der Waals surface area contributed by atoms with Gasteiger partial charge in [0.15, 0.2) is 75.5 Å². The Hall–Kier alpha value is -4.28. The molecule has 12 aliphatic rings. The minimum Gasteiger partial charge on any atom is -0.394 e. The topological polar surface area (TPSA) is 956 Å². The number of ether oxygens (including phenoxy) is 23. The van der Waals surface area contributed by atoms with Crippen molar-refractivity contribution in [3.8, 4) is 0 Å². The highest BCUT2D eigenvalue weighted by Crippen LogP contribution is 2.43. The lowest BCUT2D eigenvalue weighted by molar-refractivity contribution is -0.404. The number of aliphatic hydroxyl groups excluding tert-OH is 31. The summed E-state index contributed by atoms with van der Waals surface area (Å²) in [4.78, 5) is 53.3. The Morgan fingerprint density at radius 3 is 0.859 bits per heavy atom. The number of carbonyl (C=O) groups is 4. The van der Waals surface area contributed by atoms with Crippen LogP contribution in [0.15, 0.2) is 0 Å². The van der Waals surface area contributed by atoms with Gasteiger partial charge in [0.05, 0.1) is 77.8 Å².